The molecule has 0 saturated carbocycles. The highest BCUT2D eigenvalue weighted by molar-refractivity contribution is 5.86. The largest absolute Gasteiger partial charge is 0.429 e. The van der Waals surface area contributed by atoms with Crippen molar-refractivity contribution < 1.29 is 9.21 Å². The molecule has 3 aromatic rings. The summed E-state index contributed by atoms with van der Waals surface area (Å²) >= 11 is 0. The van der Waals surface area contributed by atoms with Crippen LogP contribution in [0.3, 0.4) is 0 Å². The molecule has 2 heterocycles. The fourth-order valence-corrected chi connectivity index (χ4v) is 2.96. The molecule has 6 heteroatoms. The SMILES string of the molecule is O=C(N[C@@H]1CCc2ccccc21)n1c(=O)oc2cccnc21. The lowest BCUT2D eigenvalue weighted by Crippen LogP contribution is -2.36. The number of pyridine rings is 1. The summed E-state index contributed by atoms with van der Waals surface area (Å²) in [4.78, 5) is 28.4. The van der Waals surface area contributed by atoms with E-state index in [2.05, 4.69) is 16.4 Å². The number of carbonyl (C=O) groups is 1. The van der Waals surface area contributed by atoms with Crippen molar-refractivity contribution in [1.82, 2.24) is 14.9 Å². The van der Waals surface area contributed by atoms with Crippen LogP contribution in [-0.4, -0.2) is 15.6 Å². The fourth-order valence-electron chi connectivity index (χ4n) is 2.96. The number of rotatable bonds is 1. The van der Waals surface area contributed by atoms with Crippen LogP contribution in [-0.2, 0) is 6.42 Å². The molecule has 0 unspecified atom stereocenters. The maximum atomic E-state index is 12.5. The molecule has 0 spiro atoms. The average Bonchev–Trinajstić information content (AvgIpc) is 3.07. The summed E-state index contributed by atoms with van der Waals surface area (Å²) in [6, 6.07) is 10.7. The number of aryl methyl sites for hydroxylation is 1. The molecule has 1 aliphatic carbocycles. The van der Waals surface area contributed by atoms with E-state index in [-0.39, 0.29) is 11.7 Å². The summed E-state index contributed by atoms with van der Waals surface area (Å²) in [5.41, 5.74) is 2.87. The zero-order valence-electron chi connectivity index (χ0n) is 11.7. The Labute approximate surface area is 125 Å². The highest BCUT2D eigenvalue weighted by Gasteiger charge is 2.26. The van der Waals surface area contributed by atoms with Crippen LogP contribution in [0.5, 0.6) is 0 Å². The second-order valence-corrected chi connectivity index (χ2v) is 5.27. The summed E-state index contributed by atoms with van der Waals surface area (Å²) in [6.07, 6.45) is 3.26. The molecule has 22 heavy (non-hydrogen) atoms. The number of fused-ring (bicyclic) bond motifs is 2. The number of hydrogen-bond acceptors (Lipinski definition) is 4. The molecule has 0 fully saturated rings. The van der Waals surface area contributed by atoms with Crippen molar-refractivity contribution in [3.05, 3.63) is 64.3 Å². The molecular weight excluding hydrogens is 282 g/mol. The first kappa shape index (κ1) is 12.8. The maximum absolute atomic E-state index is 12.5. The molecule has 4 rings (SSSR count). The van der Waals surface area contributed by atoms with Gasteiger partial charge in [-0.1, -0.05) is 24.3 Å². The molecule has 2 aromatic heterocycles. The van der Waals surface area contributed by atoms with Gasteiger partial charge in [0.15, 0.2) is 11.2 Å². The quantitative estimate of drug-likeness (QED) is 0.747. The lowest BCUT2D eigenvalue weighted by molar-refractivity contribution is 0.237. The van der Waals surface area contributed by atoms with Gasteiger partial charge in [-0.25, -0.2) is 14.6 Å². The Morgan fingerprint density at radius 2 is 2.14 bits per heavy atom. The van der Waals surface area contributed by atoms with Gasteiger partial charge in [0, 0.05) is 6.20 Å². The minimum atomic E-state index is -0.725. The number of aromatic nitrogens is 2. The van der Waals surface area contributed by atoms with E-state index in [9.17, 15) is 9.59 Å². The Morgan fingerprint density at radius 1 is 1.27 bits per heavy atom. The van der Waals surface area contributed by atoms with E-state index in [0.29, 0.717) is 5.58 Å². The number of hydrogen-bond donors (Lipinski definition) is 1. The second kappa shape index (κ2) is 4.84. The zero-order chi connectivity index (χ0) is 15.1. The fraction of sp³-hybridized carbons (Fsp3) is 0.188. The van der Waals surface area contributed by atoms with Gasteiger partial charge >= 0.3 is 11.8 Å². The lowest BCUT2D eigenvalue weighted by atomic mass is 10.1. The highest BCUT2D eigenvalue weighted by Crippen LogP contribution is 2.30. The standard InChI is InChI=1S/C16H13N3O3/c20-15(18-12-8-7-10-4-1-2-5-11(10)12)19-14-13(22-16(19)21)6-3-9-17-14/h1-6,9,12H,7-8H2,(H,18,20)/t12-/m1/s1. The van der Waals surface area contributed by atoms with E-state index >= 15 is 0 Å². The predicted molar refractivity (Wildman–Crippen MR) is 79.7 cm³/mol. The normalized spacial score (nSPS) is 16.6. The van der Waals surface area contributed by atoms with E-state index in [0.717, 1.165) is 23.0 Å². The molecule has 110 valence electrons. The van der Waals surface area contributed by atoms with E-state index < -0.39 is 11.8 Å². The van der Waals surface area contributed by atoms with Gasteiger partial charge in [-0.15, -0.1) is 0 Å². The van der Waals surface area contributed by atoms with E-state index in [4.69, 9.17) is 4.42 Å². The van der Waals surface area contributed by atoms with Gasteiger partial charge in [-0.2, -0.15) is 4.57 Å². The van der Waals surface area contributed by atoms with Crippen molar-refractivity contribution in [2.24, 2.45) is 0 Å². The Bertz CT molecular complexity index is 926. The van der Waals surface area contributed by atoms with Gasteiger partial charge in [0.2, 0.25) is 0 Å². The van der Waals surface area contributed by atoms with Crippen molar-refractivity contribution in [3.63, 3.8) is 0 Å². The molecule has 1 aromatic carbocycles. The minimum absolute atomic E-state index is 0.0933. The first-order valence-electron chi connectivity index (χ1n) is 7.09. The number of carbonyl (C=O) groups excluding carboxylic acids is 1. The summed E-state index contributed by atoms with van der Waals surface area (Å²) in [5, 5.41) is 2.89. The molecule has 6 nitrogen and oxygen atoms in total. The first-order valence-corrected chi connectivity index (χ1v) is 7.09. The second-order valence-electron chi connectivity index (χ2n) is 5.27. The van der Waals surface area contributed by atoms with Gasteiger partial charge in [-0.05, 0) is 36.1 Å². The molecule has 1 aliphatic rings. The van der Waals surface area contributed by atoms with E-state index in [1.165, 1.54) is 11.8 Å². The Morgan fingerprint density at radius 3 is 3.05 bits per heavy atom. The van der Waals surface area contributed by atoms with Crippen LogP contribution < -0.4 is 11.1 Å². The van der Waals surface area contributed by atoms with Gasteiger partial charge in [0.05, 0.1) is 6.04 Å². The molecule has 1 amide bonds. The van der Waals surface area contributed by atoms with Crippen molar-refractivity contribution in [2.45, 2.75) is 18.9 Å². The smallest absolute Gasteiger partial charge is 0.406 e. The monoisotopic (exact) mass is 295 g/mol. The van der Waals surface area contributed by atoms with Crippen LogP contribution in [0.1, 0.15) is 23.6 Å². The molecule has 0 saturated heterocycles. The van der Waals surface area contributed by atoms with Crippen molar-refractivity contribution in [3.8, 4) is 0 Å². The third-order valence-corrected chi connectivity index (χ3v) is 3.98. The summed E-state index contributed by atoms with van der Waals surface area (Å²) in [6.45, 7) is 0. The summed E-state index contributed by atoms with van der Waals surface area (Å²) in [5.74, 6) is -0.725. The van der Waals surface area contributed by atoms with Crippen LogP contribution in [0.4, 0.5) is 4.79 Å². The van der Waals surface area contributed by atoms with Crippen LogP contribution in [0.2, 0.25) is 0 Å². The third-order valence-electron chi connectivity index (χ3n) is 3.98. The van der Waals surface area contributed by atoms with Gasteiger partial charge < -0.3 is 9.73 Å². The molecule has 1 N–H and O–H groups in total. The van der Waals surface area contributed by atoms with Gasteiger partial charge in [0.25, 0.3) is 0 Å². The van der Waals surface area contributed by atoms with Crippen molar-refractivity contribution in [1.29, 1.82) is 0 Å². The predicted octanol–water partition coefficient (Wildman–Crippen LogP) is 2.23. The Kier molecular flexibility index (Phi) is 2.82. The van der Waals surface area contributed by atoms with Gasteiger partial charge in [-0.3, -0.25) is 0 Å². The Hall–Kier alpha value is -2.89. The summed E-state index contributed by atoms with van der Waals surface area (Å²) < 4.78 is 5.98. The molecule has 1 atom stereocenters. The number of nitrogens with zero attached hydrogens (tertiary/aromatic N) is 2. The maximum Gasteiger partial charge on any atom is 0.429 e. The molecule has 0 radical (unpaired) electrons. The van der Waals surface area contributed by atoms with E-state index in [1.54, 1.807) is 12.1 Å². The molecular formula is C16H13N3O3. The zero-order valence-corrected chi connectivity index (χ0v) is 11.7. The third kappa shape index (κ3) is 1.92. The van der Waals surface area contributed by atoms with Crippen LogP contribution in [0, 0.1) is 0 Å². The molecule has 0 aliphatic heterocycles. The van der Waals surface area contributed by atoms with Crippen molar-refractivity contribution >= 4 is 17.3 Å². The number of amides is 1. The number of nitrogens with one attached hydrogen (secondary N) is 1. The molecule has 0 bridgehead atoms. The first-order chi connectivity index (χ1) is 10.7. The summed E-state index contributed by atoms with van der Waals surface area (Å²) in [7, 11) is 0. The topological polar surface area (TPSA) is 77.1 Å². The van der Waals surface area contributed by atoms with E-state index in [1.807, 2.05) is 18.2 Å². The number of benzene rings is 1. The Balaban J connectivity index is 1.68. The van der Waals surface area contributed by atoms with Crippen LogP contribution >= 0.6 is 0 Å². The minimum Gasteiger partial charge on any atom is -0.406 e. The highest BCUT2D eigenvalue weighted by atomic mass is 16.4. The van der Waals surface area contributed by atoms with Gasteiger partial charge in [0.1, 0.15) is 0 Å². The van der Waals surface area contributed by atoms with Crippen LogP contribution in [0.15, 0.2) is 51.8 Å². The average molecular weight is 295 g/mol. The lowest BCUT2D eigenvalue weighted by Gasteiger charge is -2.13. The number of oxazole rings is 1. The van der Waals surface area contributed by atoms with Crippen molar-refractivity contribution in [2.75, 3.05) is 0 Å². The van der Waals surface area contributed by atoms with Crippen LogP contribution in [0.25, 0.3) is 11.2 Å².